The summed E-state index contributed by atoms with van der Waals surface area (Å²) >= 11 is 0. The molecular weight excluding hydrogens is 262 g/mol. The Balaban J connectivity index is 1.73. The molecule has 21 heavy (non-hydrogen) atoms. The maximum absolute atomic E-state index is 4.39. The average molecular weight is 285 g/mol. The Morgan fingerprint density at radius 2 is 1.90 bits per heavy atom. The molecule has 2 aromatic rings. The number of hydrogen-bond donors (Lipinski definition) is 2. The molecule has 1 aromatic heterocycles. The lowest BCUT2D eigenvalue weighted by Gasteiger charge is -2.19. The van der Waals surface area contributed by atoms with Gasteiger partial charge in [0.2, 0.25) is 5.95 Å². The van der Waals surface area contributed by atoms with Crippen molar-refractivity contribution in [2.75, 3.05) is 42.2 Å². The molecule has 0 fully saturated rings. The first kappa shape index (κ1) is 15.1. The minimum Gasteiger partial charge on any atom is -0.375 e. The van der Waals surface area contributed by atoms with E-state index in [1.165, 1.54) is 5.69 Å². The third kappa shape index (κ3) is 4.95. The minimum absolute atomic E-state index is 0.670. The summed E-state index contributed by atoms with van der Waals surface area (Å²) in [4.78, 5) is 10.8. The molecule has 5 heteroatoms. The SMILES string of the molecule is CCNc1nccc(NCCCN(C)c2ccccc2)n1. The van der Waals surface area contributed by atoms with Crippen LogP contribution >= 0.6 is 0 Å². The van der Waals surface area contributed by atoms with Gasteiger partial charge < -0.3 is 15.5 Å². The molecule has 0 unspecified atom stereocenters. The Labute approximate surface area is 126 Å². The Morgan fingerprint density at radius 3 is 2.67 bits per heavy atom. The number of nitrogens with one attached hydrogen (secondary N) is 2. The van der Waals surface area contributed by atoms with Gasteiger partial charge in [-0.2, -0.15) is 4.98 Å². The minimum atomic E-state index is 0.670. The van der Waals surface area contributed by atoms with Crippen LogP contribution in [0.3, 0.4) is 0 Å². The van der Waals surface area contributed by atoms with Crippen molar-refractivity contribution in [2.24, 2.45) is 0 Å². The summed E-state index contributed by atoms with van der Waals surface area (Å²) < 4.78 is 0. The molecule has 0 aliphatic carbocycles. The Morgan fingerprint density at radius 1 is 1.10 bits per heavy atom. The largest absolute Gasteiger partial charge is 0.375 e. The lowest BCUT2D eigenvalue weighted by atomic mass is 10.3. The first-order valence-electron chi connectivity index (χ1n) is 7.36. The van der Waals surface area contributed by atoms with E-state index in [0.717, 1.165) is 31.9 Å². The fourth-order valence-corrected chi connectivity index (χ4v) is 2.04. The summed E-state index contributed by atoms with van der Waals surface area (Å²) in [6.07, 6.45) is 2.81. The van der Waals surface area contributed by atoms with E-state index in [-0.39, 0.29) is 0 Å². The smallest absolute Gasteiger partial charge is 0.224 e. The number of anilines is 3. The zero-order valence-electron chi connectivity index (χ0n) is 12.7. The zero-order valence-corrected chi connectivity index (χ0v) is 12.7. The summed E-state index contributed by atoms with van der Waals surface area (Å²) in [7, 11) is 2.11. The molecule has 0 atom stereocenters. The molecule has 0 spiro atoms. The summed E-state index contributed by atoms with van der Waals surface area (Å²) in [6, 6.07) is 12.3. The Kier molecular flexibility index (Phi) is 5.82. The van der Waals surface area contributed by atoms with Crippen molar-refractivity contribution in [1.29, 1.82) is 0 Å². The summed E-state index contributed by atoms with van der Waals surface area (Å²) in [5.74, 6) is 1.53. The number of rotatable bonds is 8. The molecule has 112 valence electrons. The number of para-hydroxylation sites is 1. The second-order valence-electron chi connectivity index (χ2n) is 4.83. The molecule has 0 aliphatic heterocycles. The van der Waals surface area contributed by atoms with E-state index < -0.39 is 0 Å². The van der Waals surface area contributed by atoms with E-state index in [4.69, 9.17) is 0 Å². The molecule has 1 heterocycles. The van der Waals surface area contributed by atoms with Crippen LogP contribution in [0.5, 0.6) is 0 Å². The Bertz CT molecular complexity index is 529. The van der Waals surface area contributed by atoms with Gasteiger partial charge in [0.05, 0.1) is 0 Å². The summed E-state index contributed by atoms with van der Waals surface area (Å²) in [6.45, 7) is 4.75. The van der Waals surface area contributed by atoms with Crippen LogP contribution in [0.1, 0.15) is 13.3 Å². The maximum Gasteiger partial charge on any atom is 0.224 e. The number of benzene rings is 1. The summed E-state index contributed by atoms with van der Waals surface area (Å²) in [5, 5.41) is 6.44. The van der Waals surface area contributed by atoms with Crippen molar-refractivity contribution in [3.63, 3.8) is 0 Å². The van der Waals surface area contributed by atoms with Crippen molar-refractivity contribution in [2.45, 2.75) is 13.3 Å². The first-order chi connectivity index (χ1) is 10.3. The van der Waals surface area contributed by atoms with Crippen molar-refractivity contribution in [3.8, 4) is 0 Å². The highest BCUT2D eigenvalue weighted by Crippen LogP contribution is 2.11. The van der Waals surface area contributed by atoms with Gasteiger partial charge in [-0.3, -0.25) is 0 Å². The standard InChI is InChI=1S/C16H23N5/c1-3-17-16-19-12-10-15(20-16)18-11-7-13-21(2)14-8-5-4-6-9-14/h4-6,8-10,12H,3,7,11,13H2,1-2H3,(H2,17,18,19,20). The van der Waals surface area contributed by atoms with E-state index >= 15 is 0 Å². The maximum atomic E-state index is 4.39. The van der Waals surface area contributed by atoms with E-state index in [2.05, 4.69) is 56.8 Å². The van der Waals surface area contributed by atoms with Crippen LogP contribution in [0.4, 0.5) is 17.5 Å². The highest BCUT2D eigenvalue weighted by molar-refractivity contribution is 5.45. The second-order valence-corrected chi connectivity index (χ2v) is 4.83. The van der Waals surface area contributed by atoms with Crippen LogP contribution in [-0.4, -0.2) is 36.6 Å². The van der Waals surface area contributed by atoms with E-state index in [0.29, 0.717) is 5.95 Å². The van der Waals surface area contributed by atoms with Crippen molar-refractivity contribution in [3.05, 3.63) is 42.6 Å². The highest BCUT2D eigenvalue weighted by Gasteiger charge is 2.00. The monoisotopic (exact) mass is 285 g/mol. The zero-order chi connectivity index (χ0) is 14.9. The topological polar surface area (TPSA) is 53.1 Å². The molecule has 0 radical (unpaired) electrons. The van der Waals surface area contributed by atoms with Gasteiger partial charge in [-0.05, 0) is 31.5 Å². The second kappa shape index (κ2) is 8.09. The van der Waals surface area contributed by atoms with Crippen LogP contribution < -0.4 is 15.5 Å². The lowest BCUT2D eigenvalue weighted by Crippen LogP contribution is -2.20. The highest BCUT2D eigenvalue weighted by atomic mass is 15.1. The first-order valence-corrected chi connectivity index (χ1v) is 7.36. The molecule has 0 bridgehead atoms. The van der Waals surface area contributed by atoms with Crippen molar-refractivity contribution in [1.82, 2.24) is 9.97 Å². The number of hydrogen-bond acceptors (Lipinski definition) is 5. The number of aromatic nitrogens is 2. The normalized spacial score (nSPS) is 10.2. The average Bonchev–Trinajstić information content (AvgIpc) is 2.53. The van der Waals surface area contributed by atoms with Gasteiger partial charge in [0, 0.05) is 38.6 Å². The van der Waals surface area contributed by atoms with E-state index in [1.54, 1.807) is 6.20 Å². The summed E-state index contributed by atoms with van der Waals surface area (Å²) in [5.41, 5.74) is 1.24. The van der Waals surface area contributed by atoms with Gasteiger partial charge in [0.25, 0.3) is 0 Å². The van der Waals surface area contributed by atoms with Crippen molar-refractivity contribution >= 4 is 17.5 Å². The van der Waals surface area contributed by atoms with Crippen LogP contribution in [-0.2, 0) is 0 Å². The quantitative estimate of drug-likeness (QED) is 0.730. The third-order valence-corrected chi connectivity index (χ3v) is 3.16. The van der Waals surface area contributed by atoms with E-state index in [1.807, 2.05) is 19.1 Å². The molecule has 1 aromatic carbocycles. The fraction of sp³-hybridized carbons (Fsp3) is 0.375. The van der Waals surface area contributed by atoms with Gasteiger partial charge in [0.1, 0.15) is 5.82 Å². The van der Waals surface area contributed by atoms with E-state index in [9.17, 15) is 0 Å². The van der Waals surface area contributed by atoms with Gasteiger partial charge in [0.15, 0.2) is 0 Å². The van der Waals surface area contributed by atoms with Gasteiger partial charge in [-0.1, -0.05) is 18.2 Å². The Hall–Kier alpha value is -2.30. The van der Waals surface area contributed by atoms with Gasteiger partial charge in [-0.25, -0.2) is 4.98 Å². The van der Waals surface area contributed by atoms with Crippen LogP contribution in [0.15, 0.2) is 42.6 Å². The molecule has 0 saturated carbocycles. The molecule has 5 nitrogen and oxygen atoms in total. The molecule has 0 aliphatic rings. The van der Waals surface area contributed by atoms with Gasteiger partial charge >= 0.3 is 0 Å². The predicted octanol–water partition coefficient (Wildman–Crippen LogP) is 2.85. The molecule has 2 rings (SSSR count). The van der Waals surface area contributed by atoms with Crippen molar-refractivity contribution < 1.29 is 0 Å². The molecular formula is C16H23N5. The molecule has 0 amide bonds. The van der Waals surface area contributed by atoms with Crippen LogP contribution in [0, 0.1) is 0 Å². The van der Waals surface area contributed by atoms with Crippen LogP contribution in [0.2, 0.25) is 0 Å². The fourth-order valence-electron chi connectivity index (χ4n) is 2.04. The molecule has 0 saturated heterocycles. The third-order valence-electron chi connectivity index (χ3n) is 3.16. The lowest BCUT2D eigenvalue weighted by molar-refractivity contribution is 0.814. The van der Waals surface area contributed by atoms with Crippen LogP contribution in [0.25, 0.3) is 0 Å². The molecule has 2 N–H and O–H groups in total. The predicted molar refractivity (Wildman–Crippen MR) is 89.0 cm³/mol. The van der Waals surface area contributed by atoms with Gasteiger partial charge in [-0.15, -0.1) is 0 Å². The number of nitrogens with zero attached hydrogens (tertiary/aromatic N) is 3.